The van der Waals surface area contributed by atoms with E-state index in [9.17, 15) is 4.79 Å². The van der Waals surface area contributed by atoms with Gasteiger partial charge in [0.1, 0.15) is 6.33 Å². The van der Waals surface area contributed by atoms with Crippen molar-refractivity contribution < 1.29 is 4.79 Å². The highest BCUT2D eigenvalue weighted by molar-refractivity contribution is 5.92. The second kappa shape index (κ2) is 5.90. The van der Waals surface area contributed by atoms with Crippen molar-refractivity contribution in [2.75, 3.05) is 11.9 Å². The quantitative estimate of drug-likeness (QED) is 0.879. The second-order valence-corrected chi connectivity index (χ2v) is 5.52. The third kappa shape index (κ3) is 2.79. The van der Waals surface area contributed by atoms with Crippen LogP contribution >= 0.6 is 0 Å². The summed E-state index contributed by atoms with van der Waals surface area (Å²) in [5.41, 5.74) is 0.987. The number of nitrogens with zero attached hydrogens (tertiary/aromatic N) is 4. The van der Waals surface area contributed by atoms with Crippen molar-refractivity contribution in [2.24, 2.45) is 5.92 Å². The Morgan fingerprint density at radius 2 is 2.18 bits per heavy atom. The van der Waals surface area contributed by atoms with E-state index < -0.39 is 0 Å². The lowest BCUT2D eigenvalue weighted by Gasteiger charge is -2.11. The lowest BCUT2D eigenvalue weighted by atomic mass is 10.1. The number of benzene rings is 1. The molecule has 0 radical (unpaired) electrons. The molecular formula is C16H17N5O. The van der Waals surface area contributed by atoms with E-state index in [4.69, 9.17) is 5.26 Å². The van der Waals surface area contributed by atoms with Gasteiger partial charge in [-0.2, -0.15) is 5.26 Å². The Bertz CT molecular complexity index is 703. The van der Waals surface area contributed by atoms with Crippen molar-refractivity contribution in [2.45, 2.75) is 19.4 Å². The van der Waals surface area contributed by atoms with Crippen LogP contribution in [0.2, 0.25) is 0 Å². The number of para-hydroxylation sites is 1. The molecule has 1 saturated heterocycles. The molecule has 1 aromatic heterocycles. The van der Waals surface area contributed by atoms with E-state index in [1.807, 2.05) is 41.8 Å². The van der Waals surface area contributed by atoms with Crippen LogP contribution in [0, 0.1) is 17.4 Å². The van der Waals surface area contributed by atoms with Crippen molar-refractivity contribution in [3.05, 3.63) is 42.9 Å². The fourth-order valence-electron chi connectivity index (χ4n) is 2.72. The van der Waals surface area contributed by atoms with Crippen molar-refractivity contribution in [3.63, 3.8) is 0 Å². The number of amides is 1. The van der Waals surface area contributed by atoms with Crippen LogP contribution in [-0.2, 0) is 4.79 Å². The maximum absolute atomic E-state index is 12.3. The number of hydrogen-bond acceptors (Lipinski definition) is 4. The molecule has 1 N–H and O–H groups in total. The molecule has 112 valence electrons. The Kier molecular flexibility index (Phi) is 3.79. The minimum atomic E-state index is -0.170. The molecular weight excluding hydrogens is 278 g/mol. The van der Waals surface area contributed by atoms with E-state index >= 15 is 0 Å². The standard InChI is InChI=1S/C16H17N5O/c1-12-7-13(8-20(12)10-17)16(22)19-15-9-21(11-18-15)14-5-3-2-4-6-14/h2-6,9,11-13H,7-8H2,1H3,(H,19,22). The molecule has 6 nitrogen and oxygen atoms in total. The second-order valence-electron chi connectivity index (χ2n) is 5.52. The lowest BCUT2D eigenvalue weighted by Crippen LogP contribution is -2.25. The van der Waals surface area contributed by atoms with E-state index in [0.29, 0.717) is 18.8 Å². The molecule has 2 atom stereocenters. The van der Waals surface area contributed by atoms with Gasteiger partial charge >= 0.3 is 0 Å². The largest absolute Gasteiger partial charge is 0.309 e. The molecule has 1 amide bonds. The minimum Gasteiger partial charge on any atom is -0.309 e. The van der Waals surface area contributed by atoms with Gasteiger partial charge in [-0.15, -0.1) is 0 Å². The summed E-state index contributed by atoms with van der Waals surface area (Å²) in [4.78, 5) is 18.1. The zero-order valence-electron chi connectivity index (χ0n) is 12.3. The molecule has 0 aliphatic carbocycles. The van der Waals surface area contributed by atoms with Gasteiger partial charge in [-0.1, -0.05) is 18.2 Å². The number of nitrogens with one attached hydrogen (secondary N) is 1. The Morgan fingerprint density at radius 3 is 2.86 bits per heavy atom. The SMILES string of the molecule is CC1CC(C(=O)Nc2cn(-c3ccccc3)cn2)CN1C#N. The van der Waals surface area contributed by atoms with Crippen LogP contribution < -0.4 is 5.32 Å². The highest BCUT2D eigenvalue weighted by Crippen LogP contribution is 2.23. The highest BCUT2D eigenvalue weighted by atomic mass is 16.2. The van der Waals surface area contributed by atoms with Crippen LogP contribution in [0.1, 0.15) is 13.3 Å². The number of nitriles is 1. The van der Waals surface area contributed by atoms with Crippen LogP contribution in [0.15, 0.2) is 42.9 Å². The van der Waals surface area contributed by atoms with E-state index in [0.717, 1.165) is 5.69 Å². The van der Waals surface area contributed by atoms with Gasteiger partial charge in [0.2, 0.25) is 5.91 Å². The predicted molar refractivity (Wildman–Crippen MR) is 82.1 cm³/mol. The normalized spacial score (nSPS) is 20.6. The molecule has 22 heavy (non-hydrogen) atoms. The van der Waals surface area contributed by atoms with Crippen LogP contribution in [0.5, 0.6) is 0 Å². The van der Waals surface area contributed by atoms with Crippen molar-refractivity contribution in [1.29, 1.82) is 5.26 Å². The lowest BCUT2D eigenvalue weighted by molar-refractivity contribution is -0.119. The summed E-state index contributed by atoms with van der Waals surface area (Å²) in [6.45, 7) is 2.43. The van der Waals surface area contributed by atoms with Gasteiger partial charge in [0, 0.05) is 18.3 Å². The summed E-state index contributed by atoms with van der Waals surface area (Å²) >= 11 is 0. The zero-order valence-corrected chi connectivity index (χ0v) is 12.3. The molecule has 0 bridgehead atoms. The maximum atomic E-state index is 12.3. The number of aromatic nitrogens is 2. The first-order valence-electron chi connectivity index (χ1n) is 7.24. The number of rotatable bonds is 3. The Labute approximate surface area is 129 Å². The van der Waals surface area contributed by atoms with Gasteiger partial charge in [-0.25, -0.2) is 4.98 Å². The molecule has 2 heterocycles. The van der Waals surface area contributed by atoms with Crippen molar-refractivity contribution in [1.82, 2.24) is 14.5 Å². The monoisotopic (exact) mass is 295 g/mol. The van der Waals surface area contributed by atoms with Crippen LogP contribution in [-0.4, -0.2) is 32.9 Å². The molecule has 1 aromatic carbocycles. The molecule has 0 saturated carbocycles. The first-order chi connectivity index (χ1) is 10.7. The summed E-state index contributed by atoms with van der Waals surface area (Å²) in [6.07, 6.45) is 6.27. The molecule has 1 aliphatic heterocycles. The van der Waals surface area contributed by atoms with Gasteiger partial charge in [0.15, 0.2) is 12.0 Å². The average Bonchev–Trinajstić information content (AvgIpc) is 3.14. The van der Waals surface area contributed by atoms with Crippen LogP contribution in [0.25, 0.3) is 5.69 Å². The summed E-state index contributed by atoms with van der Waals surface area (Å²) in [5, 5.41) is 11.8. The third-order valence-corrected chi connectivity index (χ3v) is 3.96. The molecule has 2 aromatic rings. The predicted octanol–water partition coefficient (Wildman–Crippen LogP) is 2.00. The minimum absolute atomic E-state index is 0.0806. The number of carbonyl (C=O) groups excluding carboxylic acids is 1. The van der Waals surface area contributed by atoms with Crippen LogP contribution in [0.4, 0.5) is 5.82 Å². The zero-order chi connectivity index (χ0) is 15.5. The number of carbonyl (C=O) groups is 1. The first kappa shape index (κ1) is 14.1. The number of hydrogen-bond donors (Lipinski definition) is 1. The van der Waals surface area contributed by atoms with Crippen molar-refractivity contribution >= 4 is 11.7 Å². The van der Waals surface area contributed by atoms with Gasteiger partial charge in [0.05, 0.1) is 12.1 Å². The topological polar surface area (TPSA) is 74.0 Å². The summed E-state index contributed by atoms with van der Waals surface area (Å²) in [5.74, 6) is 0.274. The smallest absolute Gasteiger partial charge is 0.230 e. The number of imidazole rings is 1. The average molecular weight is 295 g/mol. The Morgan fingerprint density at radius 1 is 1.41 bits per heavy atom. The number of likely N-dealkylation sites (tertiary alicyclic amines) is 1. The molecule has 0 spiro atoms. The van der Waals surface area contributed by atoms with Gasteiger partial charge < -0.3 is 14.8 Å². The maximum Gasteiger partial charge on any atom is 0.230 e. The molecule has 6 heteroatoms. The Balaban J connectivity index is 1.66. The first-order valence-corrected chi connectivity index (χ1v) is 7.24. The van der Waals surface area contributed by atoms with E-state index in [2.05, 4.69) is 16.5 Å². The summed E-state index contributed by atoms with van der Waals surface area (Å²) < 4.78 is 1.86. The fourth-order valence-corrected chi connectivity index (χ4v) is 2.72. The highest BCUT2D eigenvalue weighted by Gasteiger charge is 2.33. The van der Waals surface area contributed by atoms with Gasteiger partial charge in [0.25, 0.3) is 0 Å². The molecule has 2 unspecified atom stereocenters. The van der Waals surface area contributed by atoms with Crippen LogP contribution in [0.3, 0.4) is 0 Å². The number of anilines is 1. The Hall–Kier alpha value is -2.81. The molecule has 3 rings (SSSR count). The fraction of sp³-hybridized carbons (Fsp3) is 0.312. The van der Waals surface area contributed by atoms with E-state index in [1.54, 1.807) is 17.4 Å². The van der Waals surface area contributed by atoms with E-state index in [-0.39, 0.29) is 17.9 Å². The third-order valence-electron chi connectivity index (χ3n) is 3.96. The van der Waals surface area contributed by atoms with Gasteiger partial charge in [-0.05, 0) is 25.5 Å². The molecule has 1 aliphatic rings. The summed E-state index contributed by atoms with van der Waals surface area (Å²) in [7, 11) is 0. The van der Waals surface area contributed by atoms with Gasteiger partial charge in [-0.3, -0.25) is 4.79 Å². The molecule has 1 fully saturated rings. The van der Waals surface area contributed by atoms with Crippen molar-refractivity contribution in [3.8, 4) is 11.9 Å². The summed E-state index contributed by atoms with van der Waals surface area (Å²) in [6, 6.07) is 9.90. The van der Waals surface area contributed by atoms with E-state index in [1.165, 1.54) is 0 Å².